The first-order valence-corrected chi connectivity index (χ1v) is 7.93. The molecule has 3 nitrogen and oxygen atoms in total. The molecule has 2 rings (SSSR count). The third-order valence-electron chi connectivity index (χ3n) is 3.40. The Bertz CT molecular complexity index is 690. The van der Waals surface area contributed by atoms with Gasteiger partial charge in [0.25, 0.3) is 0 Å². The number of halogens is 6. The smallest absolute Gasteiger partial charge is 0.422 e. The molecule has 0 amide bonds. The summed E-state index contributed by atoms with van der Waals surface area (Å²) in [7, 11) is 0. The monoisotopic (exact) mass is 406 g/mol. The molecule has 0 saturated heterocycles. The molecule has 9 heteroatoms. The van der Waals surface area contributed by atoms with Gasteiger partial charge in [-0.1, -0.05) is 30.8 Å². The van der Waals surface area contributed by atoms with Crippen LogP contribution in [-0.4, -0.2) is 25.6 Å². The van der Waals surface area contributed by atoms with E-state index in [1.165, 1.54) is 54.8 Å². The molecule has 0 fully saturated rings. The summed E-state index contributed by atoms with van der Waals surface area (Å²) in [6.07, 6.45) is -8.36. The maximum Gasteiger partial charge on any atom is 0.422 e. The number of ether oxygens (including phenoxy) is 3. The van der Waals surface area contributed by atoms with E-state index in [1.807, 2.05) is 0 Å². The molecule has 2 aromatic rings. The molecule has 28 heavy (non-hydrogen) atoms. The van der Waals surface area contributed by atoms with Crippen molar-refractivity contribution in [3.63, 3.8) is 0 Å². The van der Waals surface area contributed by atoms with Crippen molar-refractivity contribution < 1.29 is 40.6 Å². The summed E-state index contributed by atoms with van der Waals surface area (Å²) >= 11 is 0. The maximum atomic E-state index is 12.2. The van der Waals surface area contributed by atoms with Crippen molar-refractivity contribution in [2.45, 2.75) is 18.5 Å². The Morgan fingerprint density at radius 3 is 1.36 bits per heavy atom. The molecule has 0 unspecified atom stereocenters. The van der Waals surface area contributed by atoms with Crippen molar-refractivity contribution in [3.05, 3.63) is 72.5 Å². The molecule has 0 bridgehead atoms. The van der Waals surface area contributed by atoms with E-state index in [1.54, 1.807) is 0 Å². The fraction of sp³-hybridized carbons (Fsp3) is 0.263. The van der Waals surface area contributed by atoms with Crippen LogP contribution in [0.3, 0.4) is 0 Å². The average molecular weight is 406 g/mol. The van der Waals surface area contributed by atoms with Crippen molar-refractivity contribution >= 4 is 0 Å². The van der Waals surface area contributed by atoms with Crippen molar-refractivity contribution in [3.8, 4) is 11.5 Å². The van der Waals surface area contributed by atoms with Crippen LogP contribution in [0.2, 0.25) is 0 Å². The molecule has 0 radical (unpaired) electrons. The van der Waals surface area contributed by atoms with E-state index >= 15 is 0 Å². The Morgan fingerprint density at radius 1 is 0.714 bits per heavy atom. The molecular weight excluding hydrogens is 390 g/mol. The van der Waals surface area contributed by atoms with Gasteiger partial charge in [-0.2, -0.15) is 26.3 Å². The summed E-state index contributed by atoms with van der Waals surface area (Å²) < 4.78 is 87.9. The van der Waals surface area contributed by atoms with Crippen molar-refractivity contribution in [2.75, 3.05) is 13.2 Å². The van der Waals surface area contributed by atoms with Crippen molar-refractivity contribution in [2.24, 2.45) is 0 Å². The summed E-state index contributed by atoms with van der Waals surface area (Å²) in [6.45, 7) is 0.669. The van der Waals surface area contributed by atoms with Gasteiger partial charge < -0.3 is 14.2 Å². The second-order valence-electron chi connectivity index (χ2n) is 5.63. The van der Waals surface area contributed by atoms with Gasteiger partial charge in [-0.15, -0.1) is 0 Å². The van der Waals surface area contributed by atoms with E-state index < -0.39 is 31.7 Å². The summed E-state index contributed by atoms with van der Waals surface area (Å²) in [4.78, 5) is 0. The summed E-state index contributed by atoms with van der Waals surface area (Å²) in [6, 6.07) is 11.5. The van der Waals surface area contributed by atoms with Crippen LogP contribution in [0.5, 0.6) is 11.5 Å². The third kappa shape index (κ3) is 7.05. The van der Waals surface area contributed by atoms with E-state index in [9.17, 15) is 26.3 Å². The number of alkyl halides is 6. The molecule has 152 valence electrons. The highest BCUT2D eigenvalue weighted by molar-refractivity contribution is 5.37. The fourth-order valence-electron chi connectivity index (χ4n) is 2.25. The highest BCUT2D eigenvalue weighted by Crippen LogP contribution is 2.30. The minimum Gasteiger partial charge on any atom is -0.489 e. The second-order valence-corrected chi connectivity index (χ2v) is 5.63. The first kappa shape index (κ1) is 21.5. The highest BCUT2D eigenvalue weighted by Gasteiger charge is 2.29. The molecule has 0 atom stereocenters. The summed E-state index contributed by atoms with van der Waals surface area (Å²) in [5, 5.41) is 0. The lowest BCUT2D eigenvalue weighted by Gasteiger charge is -2.18. The molecule has 0 aromatic heterocycles. The predicted octanol–water partition coefficient (Wildman–Crippen LogP) is 5.82. The molecule has 0 aliphatic heterocycles. The standard InChI is InChI=1S/C19H16F6O3/c1-2-26-17(13-3-7-15(8-4-13)27-11-18(20,21)22)14-5-9-16(10-6-14)28-12-19(23,24)25/h2-10,17H,1,11-12H2. The number of hydrogen-bond donors (Lipinski definition) is 0. The number of rotatable bonds is 8. The Kier molecular flexibility index (Phi) is 6.82. The average Bonchev–Trinajstić information content (AvgIpc) is 2.63. The minimum absolute atomic E-state index is 0.0364. The van der Waals surface area contributed by atoms with Crippen molar-refractivity contribution in [1.82, 2.24) is 0 Å². The van der Waals surface area contributed by atoms with Gasteiger partial charge in [0.15, 0.2) is 13.2 Å². The predicted molar refractivity (Wildman–Crippen MR) is 89.1 cm³/mol. The van der Waals surface area contributed by atoms with E-state index in [0.29, 0.717) is 11.1 Å². The maximum absolute atomic E-state index is 12.2. The normalized spacial score (nSPS) is 12.0. The van der Waals surface area contributed by atoms with Crippen LogP contribution in [0, 0.1) is 0 Å². The fourth-order valence-corrected chi connectivity index (χ4v) is 2.25. The Morgan fingerprint density at radius 2 is 1.07 bits per heavy atom. The van der Waals surface area contributed by atoms with Crippen LogP contribution < -0.4 is 9.47 Å². The molecular formula is C19H16F6O3. The molecule has 2 aromatic carbocycles. The van der Waals surface area contributed by atoms with Gasteiger partial charge in [-0.05, 0) is 35.4 Å². The Hall–Kier alpha value is -2.84. The van der Waals surface area contributed by atoms with Gasteiger partial charge in [-0.25, -0.2) is 0 Å². The molecule has 0 heterocycles. The first-order chi connectivity index (χ1) is 13.1. The van der Waals surface area contributed by atoms with Gasteiger partial charge in [0.1, 0.15) is 17.6 Å². The van der Waals surface area contributed by atoms with Crippen molar-refractivity contribution in [1.29, 1.82) is 0 Å². The lowest BCUT2D eigenvalue weighted by Crippen LogP contribution is -2.19. The first-order valence-electron chi connectivity index (χ1n) is 7.93. The minimum atomic E-state index is -4.44. The molecule has 0 aliphatic rings. The van der Waals surface area contributed by atoms with E-state index in [2.05, 4.69) is 16.1 Å². The van der Waals surface area contributed by atoms with Crippen LogP contribution in [0.1, 0.15) is 17.2 Å². The zero-order valence-electron chi connectivity index (χ0n) is 14.4. The van der Waals surface area contributed by atoms with Gasteiger partial charge in [0.2, 0.25) is 0 Å². The molecule has 0 aliphatic carbocycles. The van der Waals surface area contributed by atoms with Crippen LogP contribution in [0.25, 0.3) is 0 Å². The molecule has 0 spiro atoms. The summed E-state index contributed by atoms with van der Waals surface area (Å²) in [5.74, 6) is 0.0728. The quantitative estimate of drug-likeness (QED) is 0.409. The molecule has 0 saturated carbocycles. The van der Waals surface area contributed by atoms with E-state index in [0.717, 1.165) is 0 Å². The van der Waals surface area contributed by atoms with Crippen LogP contribution in [0.4, 0.5) is 26.3 Å². The molecule has 0 N–H and O–H groups in total. The Labute approximate surface area is 157 Å². The lowest BCUT2D eigenvalue weighted by molar-refractivity contribution is -0.154. The van der Waals surface area contributed by atoms with Crippen LogP contribution in [0.15, 0.2) is 61.4 Å². The van der Waals surface area contributed by atoms with Gasteiger partial charge in [0, 0.05) is 0 Å². The number of hydrogen-bond acceptors (Lipinski definition) is 3. The number of benzene rings is 2. The van der Waals surface area contributed by atoms with E-state index in [-0.39, 0.29) is 11.5 Å². The highest BCUT2D eigenvalue weighted by atomic mass is 19.4. The van der Waals surface area contributed by atoms with Gasteiger partial charge in [0.05, 0.1) is 6.26 Å². The Balaban J connectivity index is 2.10. The topological polar surface area (TPSA) is 27.7 Å². The van der Waals surface area contributed by atoms with Gasteiger partial charge >= 0.3 is 12.4 Å². The lowest BCUT2D eigenvalue weighted by atomic mass is 10.0. The zero-order valence-corrected chi connectivity index (χ0v) is 14.4. The van der Waals surface area contributed by atoms with E-state index in [4.69, 9.17) is 4.74 Å². The van der Waals surface area contributed by atoms with Gasteiger partial charge in [-0.3, -0.25) is 0 Å². The third-order valence-corrected chi connectivity index (χ3v) is 3.40. The summed E-state index contributed by atoms with van der Waals surface area (Å²) in [5.41, 5.74) is 1.17. The zero-order chi connectivity index (χ0) is 20.8. The largest absolute Gasteiger partial charge is 0.489 e. The van der Waals surface area contributed by atoms with Crippen LogP contribution >= 0.6 is 0 Å². The van der Waals surface area contributed by atoms with Crippen LogP contribution in [-0.2, 0) is 4.74 Å². The SMILES string of the molecule is C=COC(c1ccc(OCC(F)(F)F)cc1)c1ccc(OCC(F)(F)F)cc1. The second kappa shape index (κ2) is 8.90.